The Labute approximate surface area is 124 Å². The van der Waals surface area contributed by atoms with Crippen LogP contribution in [0.4, 0.5) is 9.18 Å². The molecule has 1 fully saturated rings. The second-order valence-corrected chi connectivity index (χ2v) is 5.26. The number of hydrogen-bond donors (Lipinski definition) is 0. The van der Waals surface area contributed by atoms with Gasteiger partial charge in [-0.15, -0.1) is 0 Å². The Morgan fingerprint density at radius 2 is 1.81 bits per heavy atom. The minimum Gasteiger partial charge on any atom is -0.331 e. The first-order valence-electron chi connectivity index (χ1n) is 6.87. The van der Waals surface area contributed by atoms with Crippen molar-refractivity contribution >= 4 is 11.6 Å². The molecule has 0 aliphatic carbocycles. The number of piperidine rings is 1. The summed E-state index contributed by atoms with van der Waals surface area (Å²) in [5.41, 5.74) is 2.38. The predicted octanol–water partition coefficient (Wildman–Crippen LogP) is 2.88. The molecule has 2 amide bonds. The van der Waals surface area contributed by atoms with Gasteiger partial charge in [-0.25, -0.2) is 9.18 Å². The maximum atomic E-state index is 13.0. The van der Waals surface area contributed by atoms with Crippen LogP contribution < -0.4 is 0 Å². The van der Waals surface area contributed by atoms with Crippen LogP contribution in [0.3, 0.4) is 0 Å². The second-order valence-electron chi connectivity index (χ2n) is 5.26. The molecule has 0 N–H and O–H groups in total. The smallest absolute Gasteiger partial charge is 0.319 e. The largest absolute Gasteiger partial charge is 0.331 e. The minimum atomic E-state index is -0.313. The van der Waals surface area contributed by atoms with Gasteiger partial charge < -0.3 is 9.80 Å². The zero-order chi connectivity index (χ0) is 15.4. The zero-order valence-corrected chi connectivity index (χ0v) is 12.3. The molecular weight excluding hydrogens is 269 g/mol. The Balaban J connectivity index is 2.16. The lowest BCUT2D eigenvalue weighted by Gasteiger charge is -2.31. The van der Waals surface area contributed by atoms with Gasteiger partial charge in [-0.2, -0.15) is 5.26 Å². The highest BCUT2D eigenvalue weighted by Crippen LogP contribution is 2.26. The Hall–Kier alpha value is -2.35. The molecule has 0 unspecified atom stereocenters. The van der Waals surface area contributed by atoms with Crippen molar-refractivity contribution in [3.63, 3.8) is 0 Å². The number of carbonyl (C=O) groups is 1. The number of nitrogens with zero attached hydrogens (tertiary/aromatic N) is 3. The number of amides is 2. The number of nitriles is 1. The Kier molecular flexibility index (Phi) is 4.59. The summed E-state index contributed by atoms with van der Waals surface area (Å²) in [6.45, 7) is 1.22. The molecule has 0 radical (unpaired) electrons. The van der Waals surface area contributed by atoms with Crippen LogP contribution in [-0.4, -0.2) is 43.0 Å². The summed E-state index contributed by atoms with van der Waals surface area (Å²) in [4.78, 5) is 15.2. The van der Waals surface area contributed by atoms with E-state index in [1.807, 2.05) is 0 Å². The molecule has 0 bridgehead atoms. The second kappa shape index (κ2) is 6.40. The van der Waals surface area contributed by atoms with Crippen LogP contribution in [0, 0.1) is 17.1 Å². The van der Waals surface area contributed by atoms with Crippen molar-refractivity contribution in [1.82, 2.24) is 9.80 Å². The molecule has 1 aliphatic heterocycles. The average Bonchev–Trinajstić information content (AvgIpc) is 2.50. The Morgan fingerprint density at radius 3 is 2.29 bits per heavy atom. The van der Waals surface area contributed by atoms with Gasteiger partial charge in [0.25, 0.3) is 0 Å². The molecule has 5 heteroatoms. The lowest BCUT2D eigenvalue weighted by molar-refractivity contribution is 0.167. The molecule has 0 spiro atoms. The third kappa shape index (κ3) is 3.40. The normalized spacial score (nSPS) is 14.6. The molecule has 1 saturated heterocycles. The number of hydrogen-bond acceptors (Lipinski definition) is 2. The van der Waals surface area contributed by atoms with Gasteiger partial charge in [0.1, 0.15) is 5.82 Å². The van der Waals surface area contributed by atoms with Crippen LogP contribution in [0.2, 0.25) is 0 Å². The quantitative estimate of drug-likeness (QED) is 0.746. The van der Waals surface area contributed by atoms with Crippen molar-refractivity contribution < 1.29 is 9.18 Å². The standard InChI is InChI=1S/C16H18FN3O/c1-19(2)16(21)20-9-7-13(8-10-20)15(11-18)12-3-5-14(17)6-4-12/h3-6H,7-10H2,1-2H3. The van der Waals surface area contributed by atoms with E-state index in [1.54, 1.807) is 36.0 Å². The van der Waals surface area contributed by atoms with E-state index in [9.17, 15) is 14.4 Å². The summed E-state index contributed by atoms with van der Waals surface area (Å²) in [6, 6.07) is 8.18. The van der Waals surface area contributed by atoms with Gasteiger partial charge in [-0.1, -0.05) is 12.1 Å². The Bertz CT molecular complexity index is 589. The average molecular weight is 287 g/mol. The van der Waals surface area contributed by atoms with Gasteiger partial charge in [0.05, 0.1) is 11.6 Å². The van der Waals surface area contributed by atoms with Gasteiger partial charge >= 0.3 is 6.03 Å². The number of halogens is 1. The fourth-order valence-corrected chi connectivity index (χ4v) is 2.47. The summed E-state index contributed by atoms with van der Waals surface area (Å²) < 4.78 is 13.0. The van der Waals surface area contributed by atoms with E-state index in [0.29, 0.717) is 31.5 Å². The first-order chi connectivity index (χ1) is 10.0. The molecule has 1 aromatic rings. The van der Waals surface area contributed by atoms with Crippen LogP contribution in [0.25, 0.3) is 5.57 Å². The molecule has 2 rings (SSSR count). The number of allylic oxidation sites excluding steroid dienone is 1. The van der Waals surface area contributed by atoms with E-state index >= 15 is 0 Å². The maximum Gasteiger partial charge on any atom is 0.319 e. The summed E-state index contributed by atoms with van der Waals surface area (Å²) in [5, 5.41) is 9.37. The molecule has 1 aromatic carbocycles. The van der Waals surface area contributed by atoms with Gasteiger partial charge in [0.2, 0.25) is 0 Å². The molecule has 4 nitrogen and oxygen atoms in total. The highest BCUT2D eigenvalue weighted by Gasteiger charge is 2.22. The van der Waals surface area contributed by atoms with Crippen LogP contribution in [0.1, 0.15) is 18.4 Å². The molecule has 0 saturated carbocycles. The molecule has 1 aliphatic rings. The first-order valence-corrected chi connectivity index (χ1v) is 6.87. The molecule has 110 valence electrons. The predicted molar refractivity (Wildman–Crippen MR) is 78.8 cm³/mol. The summed E-state index contributed by atoms with van der Waals surface area (Å²) in [6.07, 6.45) is 1.36. The number of carbonyl (C=O) groups excluding carboxylic acids is 1. The van der Waals surface area contributed by atoms with E-state index < -0.39 is 0 Å². The fraction of sp³-hybridized carbons (Fsp3) is 0.375. The number of likely N-dealkylation sites (tertiary alicyclic amines) is 1. The van der Waals surface area contributed by atoms with Crippen LogP contribution >= 0.6 is 0 Å². The van der Waals surface area contributed by atoms with Crippen molar-refractivity contribution in [3.8, 4) is 6.07 Å². The van der Waals surface area contributed by atoms with Gasteiger partial charge in [0.15, 0.2) is 0 Å². The summed E-state index contributed by atoms with van der Waals surface area (Å²) >= 11 is 0. The zero-order valence-electron chi connectivity index (χ0n) is 12.3. The van der Waals surface area contributed by atoms with Crippen LogP contribution in [-0.2, 0) is 0 Å². The van der Waals surface area contributed by atoms with Crippen molar-refractivity contribution in [3.05, 3.63) is 41.2 Å². The SMILES string of the molecule is CN(C)C(=O)N1CCC(=C(C#N)c2ccc(F)cc2)CC1. The lowest BCUT2D eigenvalue weighted by Crippen LogP contribution is -2.42. The van der Waals surface area contributed by atoms with Crippen molar-refractivity contribution in [2.24, 2.45) is 0 Å². The number of urea groups is 1. The highest BCUT2D eigenvalue weighted by molar-refractivity contribution is 5.80. The van der Waals surface area contributed by atoms with E-state index in [-0.39, 0.29) is 11.8 Å². The third-order valence-electron chi connectivity index (χ3n) is 3.62. The third-order valence-corrected chi connectivity index (χ3v) is 3.62. The van der Waals surface area contributed by atoms with E-state index in [4.69, 9.17) is 0 Å². The first kappa shape index (κ1) is 15.0. The van der Waals surface area contributed by atoms with Gasteiger partial charge in [-0.3, -0.25) is 0 Å². The maximum absolute atomic E-state index is 13.0. The fourth-order valence-electron chi connectivity index (χ4n) is 2.47. The van der Waals surface area contributed by atoms with Crippen molar-refractivity contribution in [1.29, 1.82) is 5.26 Å². The summed E-state index contributed by atoms with van der Waals surface area (Å²) in [7, 11) is 3.46. The van der Waals surface area contributed by atoms with E-state index in [0.717, 1.165) is 11.1 Å². The van der Waals surface area contributed by atoms with Gasteiger partial charge in [0, 0.05) is 27.2 Å². The highest BCUT2D eigenvalue weighted by atomic mass is 19.1. The van der Waals surface area contributed by atoms with Crippen molar-refractivity contribution in [2.45, 2.75) is 12.8 Å². The van der Waals surface area contributed by atoms with Gasteiger partial charge in [-0.05, 0) is 36.1 Å². The molecule has 21 heavy (non-hydrogen) atoms. The Morgan fingerprint density at radius 1 is 1.24 bits per heavy atom. The summed E-state index contributed by atoms with van der Waals surface area (Å²) in [5.74, 6) is -0.313. The van der Waals surface area contributed by atoms with Crippen molar-refractivity contribution in [2.75, 3.05) is 27.2 Å². The molecule has 0 aromatic heterocycles. The lowest BCUT2D eigenvalue weighted by atomic mass is 9.94. The van der Waals surface area contributed by atoms with Crippen LogP contribution in [0.15, 0.2) is 29.8 Å². The molecule has 1 heterocycles. The number of rotatable bonds is 1. The van der Waals surface area contributed by atoms with E-state index in [1.165, 1.54) is 12.1 Å². The number of benzene rings is 1. The minimum absolute atomic E-state index is 0.00524. The van der Waals surface area contributed by atoms with Crippen LogP contribution in [0.5, 0.6) is 0 Å². The molecule has 0 atom stereocenters. The monoisotopic (exact) mass is 287 g/mol. The van der Waals surface area contributed by atoms with E-state index in [2.05, 4.69) is 6.07 Å². The molecular formula is C16H18FN3O. The topological polar surface area (TPSA) is 47.3 Å².